The van der Waals surface area contributed by atoms with E-state index in [0.29, 0.717) is 16.9 Å². The van der Waals surface area contributed by atoms with E-state index in [1.165, 1.54) is 50.5 Å². The van der Waals surface area contributed by atoms with Crippen molar-refractivity contribution in [3.63, 3.8) is 0 Å². The molecule has 1 fully saturated rings. The molecule has 0 spiro atoms. The Balaban J connectivity index is 1.20. The summed E-state index contributed by atoms with van der Waals surface area (Å²) in [4.78, 5) is 13.0. The SMILES string of the molecule is C[C@H](CCc1ccccc1)[C@H]1CC=C2C3=C(CC[C@@]21C)[C@@]1(C)CC[C@H](OC(=O)c2ccccc2)C(C)(C)[C@@H]1CC3. The zero-order valence-corrected chi connectivity index (χ0v) is 25.3. The molecule has 4 aliphatic carbocycles. The van der Waals surface area contributed by atoms with Crippen molar-refractivity contribution in [1.82, 2.24) is 0 Å². The summed E-state index contributed by atoms with van der Waals surface area (Å²) in [5.74, 6) is 1.83. The second-order valence-electron chi connectivity index (χ2n) is 14.5. The molecular weight excluding hydrogens is 488 g/mol. The van der Waals surface area contributed by atoms with Crippen molar-refractivity contribution in [3.05, 3.63) is 94.6 Å². The molecule has 0 aromatic heterocycles. The standard InChI is InChI=1S/C38H48O2/c1-26(16-17-27-12-8-6-9-13-27)30-19-20-31-29-18-21-33-36(2,3)34(40-35(39)28-14-10-7-11-15-28)23-25-38(33,5)32(29)22-24-37(30,31)4/h6-15,20,26,30,33-34H,16-19,21-25H2,1-5H3/t26-,30-,33+,34+,37-,38-/m1/s1. The number of hydrogen-bond donors (Lipinski definition) is 0. The minimum atomic E-state index is -0.171. The number of allylic oxidation sites excluding steroid dienone is 4. The summed E-state index contributed by atoms with van der Waals surface area (Å²) in [6.45, 7) is 12.4. The molecule has 1 saturated carbocycles. The van der Waals surface area contributed by atoms with E-state index in [2.05, 4.69) is 71.0 Å². The molecule has 40 heavy (non-hydrogen) atoms. The highest BCUT2D eigenvalue weighted by atomic mass is 16.5. The third-order valence-electron chi connectivity index (χ3n) is 12.1. The second-order valence-corrected chi connectivity index (χ2v) is 14.5. The lowest BCUT2D eigenvalue weighted by atomic mass is 9.46. The molecule has 0 bridgehead atoms. The number of rotatable bonds is 6. The van der Waals surface area contributed by atoms with Crippen LogP contribution in [-0.4, -0.2) is 12.1 Å². The van der Waals surface area contributed by atoms with Gasteiger partial charge in [-0.05, 0) is 115 Å². The van der Waals surface area contributed by atoms with E-state index in [0.717, 1.165) is 24.7 Å². The zero-order valence-electron chi connectivity index (χ0n) is 25.3. The molecular formula is C38H48O2. The lowest BCUT2D eigenvalue weighted by Crippen LogP contribution is -2.54. The largest absolute Gasteiger partial charge is 0.458 e. The second kappa shape index (κ2) is 10.3. The van der Waals surface area contributed by atoms with E-state index in [1.807, 2.05) is 30.3 Å². The van der Waals surface area contributed by atoms with Crippen LogP contribution in [0.3, 0.4) is 0 Å². The molecule has 6 rings (SSSR count). The summed E-state index contributed by atoms with van der Waals surface area (Å²) in [6.07, 6.45) is 13.3. The number of fused-ring (bicyclic) bond motifs is 4. The van der Waals surface area contributed by atoms with Gasteiger partial charge >= 0.3 is 5.97 Å². The maximum Gasteiger partial charge on any atom is 0.338 e. The normalized spacial score (nSPS) is 33.3. The van der Waals surface area contributed by atoms with Crippen LogP contribution in [-0.2, 0) is 11.2 Å². The Morgan fingerprint density at radius 3 is 2.33 bits per heavy atom. The smallest absolute Gasteiger partial charge is 0.338 e. The highest BCUT2D eigenvalue weighted by molar-refractivity contribution is 5.89. The Morgan fingerprint density at radius 2 is 1.60 bits per heavy atom. The Labute approximate surface area is 242 Å². The van der Waals surface area contributed by atoms with Gasteiger partial charge in [0.15, 0.2) is 0 Å². The van der Waals surface area contributed by atoms with Crippen LogP contribution < -0.4 is 0 Å². The van der Waals surface area contributed by atoms with Gasteiger partial charge in [0.05, 0.1) is 5.56 Å². The van der Waals surface area contributed by atoms with Crippen molar-refractivity contribution in [2.75, 3.05) is 0 Å². The Hall–Kier alpha value is -2.61. The van der Waals surface area contributed by atoms with Crippen LogP contribution in [0.2, 0.25) is 0 Å². The van der Waals surface area contributed by atoms with Crippen molar-refractivity contribution in [1.29, 1.82) is 0 Å². The van der Waals surface area contributed by atoms with Gasteiger partial charge in [0.25, 0.3) is 0 Å². The molecule has 0 unspecified atom stereocenters. The van der Waals surface area contributed by atoms with Crippen LogP contribution in [0.1, 0.15) is 102 Å². The highest BCUT2D eigenvalue weighted by Gasteiger charge is 2.58. The van der Waals surface area contributed by atoms with E-state index in [1.54, 1.807) is 16.7 Å². The third kappa shape index (κ3) is 4.50. The molecule has 6 atom stereocenters. The molecule has 0 aliphatic heterocycles. The summed E-state index contributed by atoms with van der Waals surface area (Å²) < 4.78 is 6.24. The Morgan fingerprint density at radius 1 is 0.900 bits per heavy atom. The lowest BCUT2D eigenvalue weighted by molar-refractivity contribution is -0.0993. The van der Waals surface area contributed by atoms with Gasteiger partial charge in [-0.2, -0.15) is 0 Å². The summed E-state index contributed by atoms with van der Waals surface area (Å²) >= 11 is 0. The summed E-state index contributed by atoms with van der Waals surface area (Å²) in [7, 11) is 0. The average molecular weight is 537 g/mol. The number of carbonyl (C=O) groups is 1. The predicted octanol–water partition coefficient (Wildman–Crippen LogP) is 9.76. The molecule has 4 aliphatic rings. The van der Waals surface area contributed by atoms with E-state index in [4.69, 9.17) is 4.74 Å². The molecule has 2 aromatic carbocycles. The lowest BCUT2D eigenvalue weighted by Gasteiger charge is -2.59. The molecule has 0 saturated heterocycles. The quantitative estimate of drug-likeness (QED) is 0.343. The monoisotopic (exact) mass is 536 g/mol. The van der Waals surface area contributed by atoms with Crippen molar-refractivity contribution in [3.8, 4) is 0 Å². The Kier molecular flexibility index (Phi) is 7.12. The average Bonchev–Trinajstić information content (AvgIpc) is 3.31. The number of carbonyl (C=O) groups excluding carboxylic acids is 1. The van der Waals surface area contributed by atoms with Gasteiger partial charge in [0, 0.05) is 5.41 Å². The fourth-order valence-electron chi connectivity index (χ4n) is 9.79. The molecule has 2 aromatic rings. The maximum atomic E-state index is 13.0. The van der Waals surface area contributed by atoms with E-state index in [-0.39, 0.29) is 22.9 Å². The number of benzene rings is 2. The van der Waals surface area contributed by atoms with Gasteiger partial charge in [-0.25, -0.2) is 4.79 Å². The van der Waals surface area contributed by atoms with E-state index < -0.39 is 0 Å². The van der Waals surface area contributed by atoms with Crippen LogP contribution in [0.15, 0.2) is 83.5 Å². The van der Waals surface area contributed by atoms with Crippen molar-refractivity contribution in [2.24, 2.45) is 34.0 Å². The summed E-state index contributed by atoms with van der Waals surface area (Å²) in [6, 6.07) is 20.5. The number of esters is 1. The van der Waals surface area contributed by atoms with Gasteiger partial charge in [0.2, 0.25) is 0 Å². The van der Waals surface area contributed by atoms with Crippen LogP contribution in [0.25, 0.3) is 0 Å². The van der Waals surface area contributed by atoms with Gasteiger partial charge in [0.1, 0.15) is 6.10 Å². The third-order valence-corrected chi connectivity index (χ3v) is 12.1. The van der Waals surface area contributed by atoms with Crippen LogP contribution in [0.4, 0.5) is 0 Å². The van der Waals surface area contributed by atoms with Crippen LogP contribution in [0, 0.1) is 34.0 Å². The number of hydrogen-bond acceptors (Lipinski definition) is 2. The van der Waals surface area contributed by atoms with Crippen molar-refractivity contribution in [2.45, 2.75) is 98.5 Å². The van der Waals surface area contributed by atoms with Crippen LogP contribution in [0.5, 0.6) is 0 Å². The maximum absolute atomic E-state index is 13.0. The molecule has 0 N–H and O–H groups in total. The first-order valence-corrected chi connectivity index (χ1v) is 15.9. The highest BCUT2D eigenvalue weighted by Crippen LogP contribution is 2.67. The topological polar surface area (TPSA) is 26.3 Å². The van der Waals surface area contributed by atoms with Gasteiger partial charge in [-0.15, -0.1) is 0 Å². The molecule has 0 radical (unpaired) electrons. The fraction of sp³-hybridized carbons (Fsp3) is 0.553. The number of ether oxygens (including phenoxy) is 1. The number of aryl methyl sites for hydroxylation is 1. The zero-order chi connectivity index (χ0) is 28.1. The first kappa shape index (κ1) is 27.6. The predicted molar refractivity (Wildman–Crippen MR) is 164 cm³/mol. The first-order chi connectivity index (χ1) is 19.1. The molecule has 0 amide bonds. The van der Waals surface area contributed by atoms with Crippen molar-refractivity contribution < 1.29 is 9.53 Å². The Bertz CT molecular complexity index is 1300. The fourth-order valence-corrected chi connectivity index (χ4v) is 9.79. The summed E-state index contributed by atoms with van der Waals surface area (Å²) in [5.41, 5.74) is 7.79. The summed E-state index contributed by atoms with van der Waals surface area (Å²) in [5, 5.41) is 0. The van der Waals surface area contributed by atoms with Crippen LogP contribution >= 0.6 is 0 Å². The minimum absolute atomic E-state index is 0.0326. The van der Waals surface area contributed by atoms with E-state index in [9.17, 15) is 4.79 Å². The van der Waals surface area contributed by atoms with Gasteiger partial charge < -0.3 is 4.74 Å². The van der Waals surface area contributed by atoms with E-state index >= 15 is 0 Å². The minimum Gasteiger partial charge on any atom is -0.458 e. The molecule has 2 heteroatoms. The molecule has 0 heterocycles. The van der Waals surface area contributed by atoms with Gasteiger partial charge in [-0.1, -0.05) is 94.8 Å². The van der Waals surface area contributed by atoms with Crippen molar-refractivity contribution >= 4 is 5.97 Å². The first-order valence-electron chi connectivity index (χ1n) is 15.9. The molecule has 212 valence electrons. The van der Waals surface area contributed by atoms with Gasteiger partial charge in [-0.3, -0.25) is 0 Å². The molecule has 2 nitrogen and oxygen atoms in total.